The highest BCUT2D eigenvalue weighted by Gasteiger charge is 2.17. The summed E-state index contributed by atoms with van der Waals surface area (Å²) in [5.41, 5.74) is 3.13. The van der Waals surface area contributed by atoms with Gasteiger partial charge in [-0.2, -0.15) is 0 Å². The summed E-state index contributed by atoms with van der Waals surface area (Å²) in [4.78, 5) is 11.6. The van der Waals surface area contributed by atoms with Crippen molar-refractivity contribution in [3.05, 3.63) is 54.1 Å². The normalized spacial score (nSPS) is 10.7. The largest absolute Gasteiger partial charge is 0.497 e. The van der Waals surface area contributed by atoms with E-state index in [2.05, 4.69) is 33.8 Å². The van der Waals surface area contributed by atoms with Crippen LogP contribution in [-0.2, 0) is 9.53 Å². The summed E-state index contributed by atoms with van der Waals surface area (Å²) in [5, 5.41) is 9.70. The molecule has 7 heteroatoms. The van der Waals surface area contributed by atoms with Gasteiger partial charge >= 0.3 is 5.97 Å². The molecule has 0 aliphatic rings. The molecule has 0 unspecified atom stereocenters. The van der Waals surface area contributed by atoms with Gasteiger partial charge in [0.05, 0.1) is 19.4 Å². The molecular formula is C22H25N3O3S. The molecule has 0 aliphatic carbocycles. The van der Waals surface area contributed by atoms with Crippen LogP contribution in [0.4, 0.5) is 0 Å². The molecule has 0 saturated heterocycles. The highest BCUT2D eigenvalue weighted by Crippen LogP contribution is 2.30. The molecule has 2 aromatic carbocycles. The Balaban J connectivity index is 1.87. The van der Waals surface area contributed by atoms with Gasteiger partial charge in [-0.15, -0.1) is 10.2 Å². The highest BCUT2D eigenvalue weighted by atomic mass is 32.2. The van der Waals surface area contributed by atoms with Crippen molar-refractivity contribution in [3.8, 4) is 22.8 Å². The molecule has 0 aliphatic heterocycles. The maximum atomic E-state index is 11.6. The molecule has 0 amide bonds. The van der Waals surface area contributed by atoms with Crippen LogP contribution in [0.25, 0.3) is 17.1 Å². The zero-order chi connectivity index (χ0) is 20.6. The number of rotatable bonds is 9. The fourth-order valence-corrected chi connectivity index (χ4v) is 3.82. The third kappa shape index (κ3) is 5.17. The maximum absolute atomic E-state index is 11.6. The van der Waals surface area contributed by atoms with E-state index >= 15 is 0 Å². The molecule has 152 valence electrons. The summed E-state index contributed by atoms with van der Waals surface area (Å²) < 4.78 is 12.3. The topological polar surface area (TPSA) is 66.2 Å². The number of carbonyl (C=O) groups is 1. The van der Waals surface area contributed by atoms with Crippen LogP contribution in [0, 0.1) is 6.92 Å². The number of hydrogen-bond acceptors (Lipinski definition) is 6. The van der Waals surface area contributed by atoms with E-state index in [9.17, 15) is 4.79 Å². The molecule has 0 bridgehead atoms. The van der Waals surface area contributed by atoms with Crippen molar-refractivity contribution in [2.24, 2.45) is 0 Å². The zero-order valence-electron chi connectivity index (χ0n) is 16.9. The van der Waals surface area contributed by atoms with Crippen LogP contribution in [-0.4, -0.2) is 40.2 Å². The number of thioether (sulfide) groups is 1. The molecule has 1 heterocycles. The van der Waals surface area contributed by atoms with E-state index in [0.29, 0.717) is 13.0 Å². The lowest BCUT2D eigenvalue weighted by Crippen LogP contribution is -2.04. The van der Waals surface area contributed by atoms with Gasteiger partial charge in [0, 0.05) is 17.7 Å². The van der Waals surface area contributed by atoms with E-state index in [4.69, 9.17) is 9.47 Å². The Hall–Kier alpha value is -2.80. The van der Waals surface area contributed by atoms with Crippen molar-refractivity contribution < 1.29 is 14.3 Å². The van der Waals surface area contributed by atoms with E-state index in [0.717, 1.165) is 45.7 Å². The number of benzene rings is 2. The van der Waals surface area contributed by atoms with Crippen molar-refractivity contribution in [1.29, 1.82) is 0 Å². The van der Waals surface area contributed by atoms with Gasteiger partial charge in [-0.1, -0.05) is 30.0 Å². The Morgan fingerprint density at radius 1 is 1.10 bits per heavy atom. The van der Waals surface area contributed by atoms with Gasteiger partial charge in [0.25, 0.3) is 0 Å². The van der Waals surface area contributed by atoms with Gasteiger partial charge in [0.1, 0.15) is 5.75 Å². The molecule has 0 N–H and O–H groups in total. The van der Waals surface area contributed by atoms with Gasteiger partial charge < -0.3 is 9.47 Å². The Kier molecular flexibility index (Phi) is 7.30. The molecule has 0 atom stereocenters. The van der Waals surface area contributed by atoms with Crippen LogP contribution >= 0.6 is 11.8 Å². The number of para-hydroxylation sites is 1. The minimum Gasteiger partial charge on any atom is -0.497 e. The Bertz CT molecular complexity index is 954. The summed E-state index contributed by atoms with van der Waals surface area (Å²) >= 11 is 1.59. The van der Waals surface area contributed by atoms with Gasteiger partial charge in [-0.05, 0) is 56.2 Å². The number of aryl methyl sites for hydroxylation is 1. The van der Waals surface area contributed by atoms with Gasteiger partial charge in [-0.3, -0.25) is 9.36 Å². The van der Waals surface area contributed by atoms with Crippen LogP contribution in [0.15, 0.2) is 53.7 Å². The predicted octanol–water partition coefficient (Wildman–Crippen LogP) is 4.69. The summed E-state index contributed by atoms with van der Waals surface area (Å²) in [5.74, 6) is 2.16. The second-order valence-corrected chi connectivity index (χ2v) is 7.48. The molecule has 1 aromatic heterocycles. The molecule has 0 spiro atoms. The van der Waals surface area contributed by atoms with Crippen molar-refractivity contribution in [1.82, 2.24) is 14.8 Å². The van der Waals surface area contributed by atoms with E-state index in [1.807, 2.05) is 43.3 Å². The lowest BCUT2D eigenvalue weighted by atomic mass is 10.1. The average Bonchev–Trinajstić information content (AvgIpc) is 3.15. The monoisotopic (exact) mass is 411 g/mol. The van der Waals surface area contributed by atoms with E-state index in [1.165, 1.54) is 0 Å². The number of ether oxygens (including phenoxy) is 2. The first-order valence-electron chi connectivity index (χ1n) is 9.58. The number of hydrogen-bond donors (Lipinski definition) is 0. The number of aromatic nitrogens is 3. The van der Waals surface area contributed by atoms with Crippen LogP contribution < -0.4 is 4.74 Å². The standard InChI is InChI=1S/C22H25N3O3S/c1-4-28-20(26)10-7-15-29-22-24-23-21(17-11-13-18(27-3)14-12-17)25(22)19-9-6-5-8-16(19)2/h5-6,8-9,11-14H,4,7,10,15H2,1-3H3. The van der Waals surface area contributed by atoms with Crippen molar-refractivity contribution >= 4 is 17.7 Å². The third-order valence-electron chi connectivity index (χ3n) is 4.40. The van der Waals surface area contributed by atoms with E-state index in [-0.39, 0.29) is 5.97 Å². The Labute approximate surface area is 175 Å². The molecule has 0 fully saturated rings. The fraction of sp³-hybridized carbons (Fsp3) is 0.318. The van der Waals surface area contributed by atoms with Crippen LogP contribution in [0.3, 0.4) is 0 Å². The van der Waals surface area contributed by atoms with Gasteiger partial charge in [-0.25, -0.2) is 0 Å². The molecular weight excluding hydrogens is 386 g/mol. The SMILES string of the molecule is CCOC(=O)CCCSc1nnc(-c2ccc(OC)cc2)n1-c1ccccc1C. The second kappa shape index (κ2) is 10.1. The summed E-state index contributed by atoms with van der Waals surface area (Å²) in [6.07, 6.45) is 1.13. The van der Waals surface area contributed by atoms with Crippen molar-refractivity contribution in [2.45, 2.75) is 31.8 Å². The number of nitrogens with zero attached hydrogens (tertiary/aromatic N) is 3. The smallest absolute Gasteiger partial charge is 0.305 e. The number of methoxy groups -OCH3 is 1. The lowest BCUT2D eigenvalue weighted by Gasteiger charge is -2.13. The van der Waals surface area contributed by atoms with Crippen molar-refractivity contribution in [3.63, 3.8) is 0 Å². The summed E-state index contributed by atoms with van der Waals surface area (Å²) in [6, 6.07) is 15.9. The molecule has 3 aromatic rings. The van der Waals surface area contributed by atoms with Crippen LogP contribution in [0.2, 0.25) is 0 Å². The second-order valence-electron chi connectivity index (χ2n) is 6.41. The first kappa shape index (κ1) is 20.9. The molecule has 0 saturated carbocycles. The average molecular weight is 412 g/mol. The summed E-state index contributed by atoms with van der Waals surface area (Å²) in [7, 11) is 1.65. The lowest BCUT2D eigenvalue weighted by molar-refractivity contribution is -0.143. The minimum atomic E-state index is -0.160. The maximum Gasteiger partial charge on any atom is 0.305 e. The van der Waals surface area contributed by atoms with Crippen molar-refractivity contribution in [2.75, 3.05) is 19.5 Å². The molecule has 0 radical (unpaired) electrons. The zero-order valence-corrected chi connectivity index (χ0v) is 17.7. The van der Waals surface area contributed by atoms with Crippen LogP contribution in [0.5, 0.6) is 5.75 Å². The third-order valence-corrected chi connectivity index (χ3v) is 5.41. The molecule has 6 nitrogen and oxygen atoms in total. The molecule has 3 rings (SSSR count). The van der Waals surface area contributed by atoms with Crippen LogP contribution in [0.1, 0.15) is 25.3 Å². The fourth-order valence-electron chi connectivity index (χ4n) is 2.94. The number of carbonyl (C=O) groups excluding carboxylic acids is 1. The van der Waals surface area contributed by atoms with E-state index < -0.39 is 0 Å². The minimum absolute atomic E-state index is 0.160. The highest BCUT2D eigenvalue weighted by molar-refractivity contribution is 7.99. The molecule has 29 heavy (non-hydrogen) atoms. The predicted molar refractivity (Wildman–Crippen MR) is 115 cm³/mol. The van der Waals surface area contributed by atoms with Gasteiger partial charge in [0.15, 0.2) is 11.0 Å². The summed E-state index contributed by atoms with van der Waals surface area (Å²) in [6.45, 7) is 4.30. The first-order valence-corrected chi connectivity index (χ1v) is 10.6. The first-order chi connectivity index (χ1) is 14.1. The van der Waals surface area contributed by atoms with E-state index in [1.54, 1.807) is 18.9 Å². The quantitative estimate of drug-likeness (QED) is 0.289. The Morgan fingerprint density at radius 2 is 1.86 bits per heavy atom. The van der Waals surface area contributed by atoms with Gasteiger partial charge in [0.2, 0.25) is 0 Å². The Morgan fingerprint density at radius 3 is 2.55 bits per heavy atom. The number of esters is 1.